The van der Waals surface area contributed by atoms with E-state index in [9.17, 15) is 27.9 Å². The molecule has 2 saturated heterocycles. The molecule has 10 nitrogen and oxygen atoms in total. The van der Waals surface area contributed by atoms with E-state index in [1.807, 2.05) is 6.92 Å². The second kappa shape index (κ2) is 12.5. The molecule has 190 valence electrons. The van der Waals surface area contributed by atoms with E-state index in [-0.39, 0.29) is 73.8 Å². The lowest BCUT2D eigenvalue weighted by molar-refractivity contribution is -0.155. The number of fused-ring (bicyclic) bond motifs is 1. The molecule has 2 atom stereocenters. The Kier molecular flexibility index (Phi) is 9.47. The first-order chi connectivity index (χ1) is 16.8. The number of carbonyl (C=O) groups is 5. The Morgan fingerprint density at radius 3 is 2.49 bits per heavy atom. The third kappa shape index (κ3) is 7.17. The second-order valence-electron chi connectivity index (χ2n) is 8.59. The highest BCUT2D eigenvalue weighted by atomic mass is 32.2. The molecular weight excluding hydrogens is 477 g/mol. The van der Waals surface area contributed by atoms with E-state index in [0.717, 1.165) is 17.9 Å². The maximum Gasteiger partial charge on any atom is 0.269 e. The average molecular weight is 508 g/mol. The predicted molar refractivity (Wildman–Crippen MR) is 126 cm³/mol. The summed E-state index contributed by atoms with van der Waals surface area (Å²) < 4.78 is 12.6. The second-order valence-corrected chi connectivity index (χ2v) is 9.21. The van der Waals surface area contributed by atoms with Crippen molar-refractivity contribution >= 4 is 41.7 Å². The zero-order valence-corrected chi connectivity index (χ0v) is 20.4. The van der Waals surface area contributed by atoms with Gasteiger partial charge in [0.05, 0.1) is 12.1 Å². The van der Waals surface area contributed by atoms with Crippen LogP contribution in [-0.2, 0) is 19.2 Å². The van der Waals surface area contributed by atoms with Crippen molar-refractivity contribution in [2.24, 2.45) is 0 Å². The zero-order valence-electron chi connectivity index (χ0n) is 19.5. The highest BCUT2D eigenvalue weighted by Crippen LogP contribution is 2.24. The molecule has 2 aliphatic heterocycles. The van der Waals surface area contributed by atoms with Crippen LogP contribution in [0.3, 0.4) is 0 Å². The molecule has 3 N–H and O–H groups in total. The number of unbranched alkanes of at least 4 members (excludes halogenated alkanes) is 1. The minimum absolute atomic E-state index is 0.0549. The van der Waals surface area contributed by atoms with Gasteiger partial charge in [-0.25, -0.2) is 5.01 Å². The normalized spacial score (nSPS) is 19.4. The smallest absolute Gasteiger partial charge is 0.269 e. The van der Waals surface area contributed by atoms with E-state index in [2.05, 4.69) is 16.1 Å². The molecule has 2 unspecified atom stereocenters. The van der Waals surface area contributed by atoms with Gasteiger partial charge in [-0.15, -0.1) is 0 Å². The van der Waals surface area contributed by atoms with Gasteiger partial charge in [0, 0.05) is 42.4 Å². The molecular formula is C23H30FN5O5S. The van der Waals surface area contributed by atoms with Crippen molar-refractivity contribution in [2.45, 2.75) is 62.4 Å². The van der Waals surface area contributed by atoms with Crippen LogP contribution in [0.1, 0.15) is 55.8 Å². The van der Waals surface area contributed by atoms with Crippen molar-refractivity contribution in [3.8, 4) is 0 Å². The molecule has 0 saturated carbocycles. The van der Waals surface area contributed by atoms with Gasteiger partial charge < -0.3 is 15.5 Å². The summed E-state index contributed by atoms with van der Waals surface area (Å²) in [5, 5.41) is 6.63. The van der Waals surface area contributed by atoms with Gasteiger partial charge >= 0.3 is 0 Å². The Morgan fingerprint density at radius 1 is 1.09 bits per heavy atom. The number of rotatable bonds is 11. The van der Waals surface area contributed by atoms with Crippen LogP contribution < -0.4 is 16.1 Å². The third-order valence-electron chi connectivity index (χ3n) is 5.93. The highest BCUT2D eigenvalue weighted by Gasteiger charge is 2.46. The maximum atomic E-state index is 12.9. The van der Waals surface area contributed by atoms with Gasteiger partial charge in [0.1, 0.15) is 12.6 Å². The summed E-state index contributed by atoms with van der Waals surface area (Å²) >= 11 is 0.0549. The molecule has 12 heteroatoms. The monoisotopic (exact) mass is 507 g/mol. The van der Waals surface area contributed by atoms with Gasteiger partial charge in [-0.2, -0.15) is 3.89 Å². The van der Waals surface area contributed by atoms with Gasteiger partial charge in [0.15, 0.2) is 0 Å². The Bertz CT molecular complexity index is 960. The van der Waals surface area contributed by atoms with Gasteiger partial charge in [-0.1, -0.05) is 13.3 Å². The number of halogens is 1. The Hall–Kier alpha value is -3.15. The number of hydrazine groups is 1. The fourth-order valence-corrected chi connectivity index (χ4v) is 4.31. The Morgan fingerprint density at radius 2 is 1.80 bits per heavy atom. The fraction of sp³-hybridized carbons (Fsp3) is 0.522. The predicted octanol–water partition coefficient (Wildman–Crippen LogP) is 1.32. The molecule has 2 heterocycles. The van der Waals surface area contributed by atoms with Crippen LogP contribution in [0, 0.1) is 0 Å². The molecule has 3 rings (SSSR count). The average Bonchev–Trinajstić information content (AvgIpc) is 3.27. The topological polar surface area (TPSA) is 128 Å². The van der Waals surface area contributed by atoms with Crippen molar-refractivity contribution in [1.82, 2.24) is 26.0 Å². The van der Waals surface area contributed by atoms with Crippen molar-refractivity contribution in [3.05, 3.63) is 29.8 Å². The van der Waals surface area contributed by atoms with E-state index in [1.54, 1.807) is 0 Å². The summed E-state index contributed by atoms with van der Waals surface area (Å²) in [6, 6.07) is 4.56. The van der Waals surface area contributed by atoms with Crippen LogP contribution >= 0.6 is 12.1 Å². The van der Waals surface area contributed by atoms with Crippen molar-refractivity contribution in [1.29, 1.82) is 0 Å². The van der Waals surface area contributed by atoms with Gasteiger partial charge in [0.2, 0.25) is 17.7 Å². The lowest BCUT2D eigenvalue weighted by Gasteiger charge is -2.35. The first-order valence-corrected chi connectivity index (χ1v) is 12.4. The molecule has 35 heavy (non-hydrogen) atoms. The molecule has 2 fully saturated rings. The van der Waals surface area contributed by atoms with E-state index >= 15 is 0 Å². The molecule has 1 aromatic rings. The quantitative estimate of drug-likeness (QED) is 0.388. The number of hydrogen-bond donors (Lipinski definition) is 3. The lowest BCUT2D eigenvalue weighted by Crippen LogP contribution is -2.62. The van der Waals surface area contributed by atoms with E-state index in [1.165, 1.54) is 29.2 Å². The van der Waals surface area contributed by atoms with Crippen LogP contribution in [-0.4, -0.2) is 71.2 Å². The Balaban J connectivity index is 1.47. The van der Waals surface area contributed by atoms with E-state index < -0.39 is 17.9 Å². The summed E-state index contributed by atoms with van der Waals surface area (Å²) in [5.41, 5.74) is 2.67. The van der Waals surface area contributed by atoms with Crippen LogP contribution in [0.5, 0.6) is 0 Å². The van der Waals surface area contributed by atoms with Gasteiger partial charge in [-0.05, 0) is 43.5 Å². The minimum Gasteiger partial charge on any atom is -0.356 e. The summed E-state index contributed by atoms with van der Waals surface area (Å²) in [5.74, 6) is -1.68. The number of piperazine rings is 1. The first-order valence-electron chi connectivity index (χ1n) is 11.7. The fourth-order valence-electron chi connectivity index (χ4n) is 4.08. The molecule has 0 radical (unpaired) electrons. The number of nitrogens with one attached hydrogen (secondary N) is 3. The summed E-state index contributed by atoms with van der Waals surface area (Å²) in [6.45, 7) is 2.57. The van der Waals surface area contributed by atoms with Crippen LogP contribution in [0.4, 0.5) is 3.89 Å². The summed E-state index contributed by atoms with van der Waals surface area (Å²) in [6.07, 6.45) is 2.99. The van der Waals surface area contributed by atoms with Crippen LogP contribution in [0.25, 0.3) is 0 Å². The van der Waals surface area contributed by atoms with Crippen molar-refractivity contribution in [2.75, 3.05) is 19.6 Å². The standard InChI is InChI=1S/C23H30FN5O5S/c1-2-3-11-25-19(30)5-4-6-20(31)26-16-12-18-23(34)29(14-21(32)28(18)13-16)27-22(33)15-7-9-17(35-24)10-8-15/h7-10,16,18H,2-6,11-14H2,1H3,(H,25,30)(H,26,31)(H,27,33). The largest absolute Gasteiger partial charge is 0.356 e. The highest BCUT2D eigenvalue weighted by molar-refractivity contribution is 7.94. The molecule has 1 aromatic carbocycles. The van der Waals surface area contributed by atoms with Gasteiger partial charge in [0.25, 0.3) is 11.8 Å². The number of carbonyl (C=O) groups excluding carboxylic acids is 5. The maximum absolute atomic E-state index is 12.9. The van der Waals surface area contributed by atoms with E-state index in [4.69, 9.17) is 0 Å². The lowest BCUT2D eigenvalue weighted by atomic mass is 10.1. The molecule has 0 bridgehead atoms. The van der Waals surface area contributed by atoms with Crippen LogP contribution in [0.15, 0.2) is 29.2 Å². The molecule has 0 spiro atoms. The van der Waals surface area contributed by atoms with Crippen molar-refractivity contribution < 1.29 is 27.9 Å². The van der Waals surface area contributed by atoms with Crippen LogP contribution in [0.2, 0.25) is 0 Å². The molecule has 0 aliphatic carbocycles. The SMILES string of the molecule is CCCCNC(=O)CCCC(=O)NC1CC2C(=O)N(NC(=O)c3ccc(SF)cc3)CC(=O)N2C1. The molecule has 2 aliphatic rings. The van der Waals surface area contributed by atoms with E-state index in [0.29, 0.717) is 17.9 Å². The third-order valence-corrected chi connectivity index (χ3v) is 6.38. The first kappa shape index (κ1) is 26.5. The summed E-state index contributed by atoms with van der Waals surface area (Å²) in [4.78, 5) is 63.8. The number of amides is 5. The molecule has 0 aromatic heterocycles. The number of hydrogen-bond acceptors (Lipinski definition) is 6. The minimum atomic E-state index is -0.781. The summed E-state index contributed by atoms with van der Waals surface area (Å²) in [7, 11) is 0. The zero-order chi connectivity index (χ0) is 25.4. The Labute approximate surface area is 207 Å². The number of nitrogens with zero attached hydrogens (tertiary/aromatic N) is 2. The molecule has 5 amide bonds. The van der Waals surface area contributed by atoms with Crippen molar-refractivity contribution in [3.63, 3.8) is 0 Å². The number of benzene rings is 1. The van der Waals surface area contributed by atoms with Gasteiger partial charge in [-0.3, -0.25) is 29.4 Å².